The maximum atomic E-state index is 13.0. The van der Waals surface area contributed by atoms with E-state index in [1.807, 2.05) is 18.2 Å². The molecular weight excluding hydrogens is 428 g/mol. The molecule has 8 nitrogen and oxygen atoms in total. The van der Waals surface area contributed by atoms with Crippen molar-refractivity contribution in [2.24, 2.45) is 0 Å². The number of nitrogens with zero attached hydrogens (tertiary/aromatic N) is 3. The number of benzene rings is 2. The third-order valence-corrected chi connectivity index (χ3v) is 7.53. The Bertz CT molecular complexity index is 1270. The molecule has 3 aromatic rings. The Morgan fingerprint density at radius 2 is 1.72 bits per heavy atom. The number of aromatic nitrogens is 1. The van der Waals surface area contributed by atoms with E-state index in [2.05, 4.69) is 22.0 Å². The number of carbonyl (C=O) groups is 1. The molecule has 1 amide bonds. The van der Waals surface area contributed by atoms with Crippen LogP contribution in [0.3, 0.4) is 0 Å². The lowest BCUT2D eigenvalue weighted by atomic mass is 10.2. The molecule has 0 aliphatic carbocycles. The van der Waals surface area contributed by atoms with Crippen LogP contribution in [0.1, 0.15) is 5.56 Å². The van der Waals surface area contributed by atoms with Crippen LogP contribution >= 0.6 is 0 Å². The molecule has 4 rings (SSSR count). The predicted octanol–water partition coefficient (Wildman–Crippen LogP) is 1.49. The molecule has 1 aromatic heterocycles. The Balaban J connectivity index is 1.37. The smallest absolute Gasteiger partial charge is 0.248 e. The summed E-state index contributed by atoms with van der Waals surface area (Å²) in [5.41, 5.74) is 1.54. The minimum Gasteiger partial charge on any atom is -0.339 e. The van der Waals surface area contributed by atoms with Crippen LogP contribution in [0, 0.1) is 0 Å². The molecule has 1 N–H and O–H groups in total. The van der Waals surface area contributed by atoms with Crippen LogP contribution in [0.2, 0.25) is 0 Å². The van der Waals surface area contributed by atoms with Gasteiger partial charge in [-0.15, -0.1) is 0 Å². The highest BCUT2D eigenvalue weighted by Crippen LogP contribution is 2.20. The number of hydrogen-bond acceptors (Lipinski definition) is 5. The van der Waals surface area contributed by atoms with Crippen molar-refractivity contribution in [2.45, 2.75) is 11.4 Å². The van der Waals surface area contributed by atoms with Crippen LogP contribution in [-0.2, 0) is 21.4 Å². The van der Waals surface area contributed by atoms with Gasteiger partial charge in [0.2, 0.25) is 21.5 Å². The maximum Gasteiger partial charge on any atom is 0.248 e. The highest BCUT2D eigenvalue weighted by molar-refractivity contribution is 7.89. The van der Waals surface area contributed by atoms with Crippen LogP contribution in [0.25, 0.3) is 10.9 Å². The number of sulfonamides is 1. The Morgan fingerprint density at radius 1 is 1.00 bits per heavy atom. The highest BCUT2D eigenvalue weighted by atomic mass is 32.2. The Kier molecular flexibility index (Phi) is 6.40. The summed E-state index contributed by atoms with van der Waals surface area (Å²) in [6, 6.07) is 17.6. The summed E-state index contributed by atoms with van der Waals surface area (Å²) in [7, 11) is -2.43. The Hall–Kier alpha value is -3.01. The first-order chi connectivity index (χ1) is 15.3. The third kappa shape index (κ3) is 4.90. The van der Waals surface area contributed by atoms with Crippen LogP contribution in [0.15, 0.2) is 70.4 Å². The predicted molar refractivity (Wildman–Crippen MR) is 123 cm³/mol. The first kappa shape index (κ1) is 22.2. The van der Waals surface area contributed by atoms with Gasteiger partial charge in [-0.25, -0.2) is 8.42 Å². The zero-order valence-electron chi connectivity index (χ0n) is 17.9. The molecule has 9 heteroatoms. The minimum atomic E-state index is -3.84. The summed E-state index contributed by atoms with van der Waals surface area (Å²) in [4.78, 5) is 31.0. The fraction of sp³-hybridized carbons (Fsp3) is 0.304. The molecule has 2 aromatic carbocycles. The summed E-state index contributed by atoms with van der Waals surface area (Å²) in [6.07, 6.45) is 0. The summed E-state index contributed by atoms with van der Waals surface area (Å²) >= 11 is 0. The second kappa shape index (κ2) is 9.23. The minimum absolute atomic E-state index is 0.0834. The lowest BCUT2D eigenvalue weighted by Gasteiger charge is -2.35. The number of hydrogen-bond donors (Lipinski definition) is 1. The van der Waals surface area contributed by atoms with Crippen LogP contribution in [0.4, 0.5) is 0 Å². The molecule has 0 atom stereocenters. The van der Waals surface area contributed by atoms with Crippen LogP contribution < -0.4 is 5.56 Å². The van der Waals surface area contributed by atoms with Crippen LogP contribution in [-0.4, -0.2) is 73.2 Å². The molecule has 0 bridgehead atoms. The van der Waals surface area contributed by atoms with Gasteiger partial charge in [-0.2, -0.15) is 4.31 Å². The number of rotatable bonds is 6. The maximum absolute atomic E-state index is 13.0. The summed E-state index contributed by atoms with van der Waals surface area (Å²) < 4.78 is 27.1. The monoisotopic (exact) mass is 454 g/mol. The second-order valence-electron chi connectivity index (χ2n) is 7.98. The molecule has 0 unspecified atom stereocenters. The van der Waals surface area contributed by atoms with Crippen molar-refractivity contribution in [1.29, 1.82) is 0 Å². The SMILES string of the molecule is CN(CC(=O)N1CCN(Cc2ccccc2)CC1)S(=O)(=O)c1ccc2[nH]c(=O)ccc2c1. The zero-order chi connectivity index (χ0) is 22.7. The van der Waals surface area contributed by atoms with Gasteiger partial charge in [0.1, 0.15) is 0 Å². The van der Waals surface area contributed by atoms with Crippen molar-refractivity contribution in [3.63, 3.8) is 0 Å². The van der Waals surface area contributed by atoms with E-state index >= 15 is 0 Å². The topological polar surface area (TPSA) is 93.8 Å². The van der Waals surface area contributed by atoms with Crippen molar-refractivity contribution in [2.75, 3.05) is 39.8 Å². The molecule has 0 saturated carbocycles. The van der Waals surface area contributed by atoms with E-state index in [1.165, 1.54) is 30.8 Å². The number of aromatic amines is 1. The second-order valence-corrected chi connectivity index (χ2v) is 10.0. The fourth-order valence-corrected chi connectivity index (χ4v) is 5.00. The number of H-pyrrole nitrogens is 1. The normalized spacial score (nSPS) is 15.4. The largest absolute Gasteiger partial charge is 0.339 e. The van der Waals surface area contributed by atoms with E-state index in [1.54, 1.807) is 17.0 Å². The van der Waals surface area contributed by atoms with E-state index in [0.29, 0.717) is 24.0 Å². The van der Waals surface area contributed by atoms with E-state index in [0.717, 1.165) is 23.9 Å². The molecule has 1 aliphatic rings. The molecule has 0 spiro atoms. The van der Waals surface area contributed by atoms with Gasteiger partial charge >= 0.3 is 0 Å². The fourth-order valence-electron chi connectivity index (χ4n) is 3.85. The van der Waals surface area contributed by atoms with Gasteiger partial charge in [-0.1, -0.05) is 30.3 Å². The van der Waals surface area contributed by atoms with Gasteiger partial charge in [0.25, 0.3) is 0 Å². The lowest BCUT2D eigenvalue weighted by Crippen LogP contribution is -2.51. The van der Waals surface area contributed by atoms with Gasteiger partial charge in [0.05, 0.1) is 11.4 Å². The number of fused-ring (bicyclic) bond motifs is 1. The molecule has 1 fully saturated rings. The van der Waals surface area contributed by atoms with Gasteiger partial charge < -0.3 is 9.88 Å². The standard InChI is InChI=1S/C23H26N4O4S/c1-25(32(30,31)20-8-9-21-19(15-20)7-10-22(28)24-21)17-23(29)27-13-11-26(12-14-27)16-18-5-3-2-4-6-18/h2-10,15H,11-14,16-17H2,1H3,(H,24,28). The summed E-state index contributed by atoms with van der Waals surface area (Å²) in [6.45, 7) is 3.26. The highest BCUT2D eigenvalue weighted by Gasteiger charge is 2.27. The summed E-state index contributed by atoms with van der Waals surface area (Å²) in [5.74, 6) is -0.208. The van der Waals surface area contributed by atoms with Crippen molar-refractivity contribution >= 4 is 26.8 Å². The van der Waals surface area contributed by atoms with E-state index in [-0.39, 0.29) is 22.9 Å². The first-order valence-corrected chi connectivity index (χ1v) is 11.9. The number of carbonyl (C=O) groups excluding carboxylic acids is 1. The van der Waals surface area contributed by atoms with Crippen molar-refractivity contribution in [3.8, 4) is 0 Å². The molecule has 1 aliphatic heterocycles. The number of likely N-dealkylation sites (N-methyl/N-ethyl adjacent to an activating group) is 1. The molecule has 32 heavy (non-hydrogen) atoms. The lowest BCUT2D eigenvalue weighted by molar-refractivity contribution is -0.133. The number of nitrogens with one attached hydrogen (secondary N) is 1. The molecule has 168 valence electrons. The third-order valence-electron chi connectivity index (χ3n) is 5.74. The van der Waals surface area contributed by atoms with Crippen molar-refractivity contribution in [3.05, 3.63) is 76.6 Å². The number of amides is 1. The van der Waals surface area contributed by atoms with E-state index in [4.69, 9.17) is 0 Å². The molecule has 1 saturated heterocycles. The summed E-state index contributed by atoms with van der Waals surface area (Å²) in [5, 5.41) is 0.611. The van der Waals surface area contributed by atoms with Crippen molar-refractivity contribution in [1.82, 2.24) is 19.1 Å². The first-order valence-electron chi connectivity index (χ1n) is 10.5. The van der Waals surface area contributed by atoms with Gasteiger partial charge in [-0.05, 0) is 35.2 Å². The van der Waals surface area contributed by atoms with Gasteiger partial charge in [0, 0.05) is 51.4 Å². The van der Waals surface area contributed by atoms with E-state index < -0.39 is 10.0 Å². The van der Waals surface area contributed by atoms with Gasteiger partial charge in [-0.3, -0.25) is 14.5 Å². The Labute approximate surface area is 187 Å². The average molecular weight is 455 g/mol. The molecule has 0 radical (unpaired) electrons. The quantitative estimate of drug-likeness (QED) is 0.609. The number of pyridine rings is 1. The molecule has 2 heterocycles. The Morgan fingerprint density at radius 3 is 2.44 bits per heavy atom. The number of piperazine rings is 1. The average Bonchev–Trinajstić information content (AvgIpc) is 2.79. The van der Waals surface area contributed by atoms with Crippen LogP contribution in [0.5, 0.6) is 0 Å². The molecular formula is C23H26N4O4S. The van der Waals surface area contributed by atoms with Crippen molar-refractivity contribution < 1.29 is 13.2 Å². The zero-order valence-corrected chi connectivity index (χ0v) is 18.7. The van der Waals surface area contributed by atoms with E-state index in [9.17, 15) is 18.0 Å². The van der Waals surface area contributed by atoms with Gasteiger partial charge in [0.15, 0.2) is 0 Å².